The first kappa shape index (κ1) is 17.1. The summed E-state index contributed by atoms with van der Waals surface area (Å²) in [5.41, 5.74) is 2.57. The predicted octanol–water partition coefficient (Wildman–Crippen LogP) is 4.48. The van der Waals surface area contributed by atoms with Crippen molar-refractivity contribution in [3.63, 3.8) is 0 Å². The highest BCUT2D eigenvalue weighted by Crippen LogP contribution is 2.16. The molecule has 0 atom stereocenters. The van der Waals surface area contributed by atoms with Crippen molar-refractivity contribution in [2.24, 2.45) is 0 Å². The smallest absolute Gasteiger partial charge is 0.152 e. The summed E-state index contributed by atoms with van der Waals surface area (Å²) >= 11 is 0. The van der Waals surface area contributed by atoms with Crippen LogP contribution in [0.5, 0.6) is 0 Å². The van der Waals surface area contributed by atoms with Crippen molar-refractivity contribution in [3.8, 4) is 0 Å². The van der Waals surface area contributed by atoms with E-state index in [2.05, 4.69) is 29.2 Å². The van der Waals surface area contributed by atoms with Gasteiger partial charge in [0.15, 0.2) is 9.84 Å². The Morgan fingerprint density at radius 2 is 1.73 bits per heavy atom. The van der Waals surface area contributed by atoms with Crippen molar-refractivity contribution in [3.05, 3.63) is 36.0 Å². The number of unbranched alkanes of at least 4 members (excludes halogenated alkanes) is 4. The first-order valence-electron chi connectivity index (χ1n) is 8.26. The molecular formula is C18H27NO2S. The number of H-pyrrole nitrogens is 1. The van der Waals surface area contributed by atoms with Gasteiger partial charge in [-0.1, -0.05) is 25.3 Å². The van der Waals surface area contributed by atoms with Gasteiger partial charge in [0.25, 0.3) is 0 Å². The highest BCUT2D eigenvalue weighted by Gasteiger charge is 2.14. The Hall–Kier alpha value is -1.29. The van der Waals surface area contributed by atoms with Crippen molar-refractivity contribution in [1.82, 2.24) is 4.98 Å². The zero-order valence-corrected chi connectivity index (χ0v) is 14.5. The Bertz CT molecular complexity index is 686. The number of fused-ring (bicyclic) bond motifs is 1. The lowest BCUT2D eigenvalue weighted by Crippen LogP contribution is -2.17. The van der Waals surface area contributed by atoms with Gasteiger partial charge in [0.2, 0.25) is 0 Å². The van der Waals surface area contributed by atoms with Gasteiger partial charge in [0.05, 0.1) is 11.0 Å². The molecule has 0 bridgehead atoms. The summed E-state index contributed by atoms with van der Waals surface area (Å²) in [5, 5.41) is 1.03. The van der Waals surface area contributed by atoms with E-state index in [1.807, 2.05) is 6.20 Å². The van der Waals surface area contributed by atoms with Gasteiger partial charge in [-0.25, -0.2) is 8.42 Å². The molecule has 0 saturated heterocycles. The zero-order chi connectivity index (χ0) is 16.0. The SMILES string of the molecule is CC(C)S(=O)(=O)CCCCCCCc1ccc2[nH]ccc2c1. The molecule has 0 radical (unpaired) electrons. The van der Waals surface area contributed by atoms with Crippen LogP contribution in [-0.4, -0.2) is 24.4 Å². The Kier molecular flexibility index (Phi) is 6.07. The summed E-state index contributed by atoms with van der Waals surface area (Å²) < 4.78 is 23.4. The molecule has 0 fully saturated rings. The van der Waals surface area contributed by atoms with E-state index in [0.717, 1.165) is 25.7 Å². The van der Waals surface area contributed by atoms with E-state index in [4.69, 9.17) is 0 Å². The molecule has 122 valence electrons. The third kappa shape index (κ3) is 4.87. The second kappa shape index (κ2) is 7.82. The van der Waals surface area contributed by atoms with Crippen LogP contribution in [0, 0.1) is 0 Å². The van der Waals surface area contributed by atoms with Crippen molar-refractivity contribution in [1.29, 1.82) is 0 Å². The molecule has 1 aromatic carbocycles. The summed E-state index contributed by atoms with van der Waals surface area (Å²) in [6.07, 6.45) is 8.36. The maximum atomic E-state index is 11.7. The number of aromatic amines is 1. The number of rotatable bonds is 9. The van der Waals surface area contributed by atoms with Crippen LogP contribution >= 0.6 is 0 Å². The average Bonchev–Trinajstić information content (AvgIpc) is 2.93. The van der Waals surface area contributed by atoms with Crippen molar-refractivity contribution in [2.75, 3.05) is 5.75 Å². The summed E-state index contributed by atoms with van der Waals surface area (Å²) in [6, 6.07) is 8.69. The van der Waals surface area contributed by atoms with Crippen LogP contribution in [0.15, 0.2) is 30.5 Å². The van der Waals surface area contributed by atoms with Gasteiger partial charge >= 0.3 is 0 Å². The standard InChI is InChI=1S/C18H27NO2S/c1-15(2)22(20,21)13-7-5-3-4-6-8-16-9-10-18-17(14-16)11-12-19-18/h9-12,14-15,19H,3-8,13H2,1-2H3. The Morgan fingerprint density at radius 1 is 1.00 bits per heavy atom. The molecule has 1 N–H and O–H groups in total. The normalized spacial score (nSPS) is 12.3. The van der Waals surface area contributed by atoms with Gasteiger partial charge < -0.3 is 4.98 Å². The van der Waals surface area contributed by atoms with E-state index < -0.39 is 9.84 Å². The van der Waals surface area contributed by atoms with Crippen LogP contribution in [-0.2, 0) is 16.3 Å². The molecule has 3 nitrogen and oxygen atoms in total. The number of nitrogens with one attached hydrogen (secondary N) is 1. The molecule has 1 aromatic heterocycles. The van der Waals surface area contributed by atoms with Gasteiger partial charge in [0, 0.05) is 11.7 Å². The third-order valence-electron chi connectivity index (χ3n) is 4.23. The second-order valence-electron chi connectivity index (χ2n) is 6.33. The van der Waals surface area contributed by atoms with Gasteiger partial charge in [-0.15, -0.1) is 0 Å². The minimum atomic E-state index is -2.85. The zero-order valence-electron chi connectivity index (χ0n) is 13.6. The second-order valence-corrected chi connectivity index (χ2v) is 9.01. The number of benzene rings is 1. The summed E-state index contributed by atoms with van der Waals surface area (Å²) in [6.45, 7) is 3.52. The average molecular weight is 321 g/mol. The summed E-state index contributed by atoms with van der Waals surface area (Å²) in [5.74, 6) is 0.342. The molecular weight excluding hydrogens is 294 g/mol. The number of aryl methyl sites for hydroxylation is 1. The van der Waals surface area contributed by atoms with Gasteiger partial charge in [0.1, 0.15) is 0 Å². The molecule has 4 heteroatoms. The van der Waals surface area contributed by atoms with Crippen molar-refractivity contribution < 1.29 is 8.42 Å². The fourth-order valence-corrected chi connectivity index (χ4v) is 3.73. The number of hydrogen-bond donors (Lipinski definition) is 1. The van der Waals surface area contributed by atoms with E-state index in [-0.39, 0.29) is 5.25 Å². The third-order valence-corrected chi connectivity index (χ3v) is 6.52. The molecule has 2 aromatic rings. The van der Waals surface area contributed by atoms with E-state index in [1.165, 1.54) is 29.3 Å². The largest absolute Gasteiger partial charge is 0.361 e. The topological polar surface area (TPSA) is 49.9 Å². The maximum absolute atomic E-state index is 11.7. The summed E-state index contributed by atoms with van der Waals surface area (Å²) in [7, 11) is -2.85. The van der Waals surface area contributed by atoms with Crippen LogP contribution in [0.25, 0.3) is 10.9 Å². The van der Waals surface area contributed by atoms with Crippen LogP contribution < -0.4 is 0 Å². The number of aromatic nitrogens is 1. The van der Waals surface area contributed by atoms with Crippen LogP contribution in [0.3, 0.4) is 0 Å². The highest BCUT2D eigenvalue weighted by atomic mass is 32.2. The molecule has 0 aliphatic heterocycles. The fraction of sp³-hybridized carbons (Fsp3) is 0.556. The molecule has 0 saturated carbocycles. The van der Waals surface area contributed by atoms with Crippen molar-refractivity contribution in [2.45, 2.75) is 57.6 Å². The van der Waals surface area contributed by atoms with Crippen LogP contribution in [0.2, 0.25) is 0 Å². The van der Waals surface area contributed by atoms with Crippen molar-refractivity contribution >= 4 is 20.7 Å². The van der Waals surface area contributed by atoms with E-state index >= 15 is 0 Å². The minimum absolute atomic E-state index is 0.240. The summed E-state index contributed by atoms with van der Waals surface area (Å²) in [4.78, 5) is 3.21. The molecule has 0 spiro atoms. The molecule has 0 aliphatic carbocycles. The number of sulfone groups is 1. The Balaban J connectivity index is 1.61. The Labute approximate surface area is 134 Å². The van der Waals surface area contributed by atoms with E-state index in [1.54, 1.807) is 13.8 Å². The first-order chi connectivity index (χ1) is 10.5. The van der Waals surface area contributed by atoms with Gasteiger partial charge in [-0.3, -0.25) is 0 Å². The van der Waals surface area contributed by atoms with Crippen LogP contribution in [0.4, 0.5) is 0 Å². The predicted molar refractivity (Wildman–Crippen MR) is 94.0 cm³/mol. The molecule has 0 aliphatic rings. The van der Waals surface area contributed by atoms with Crippen LogP contribution in [0.1, 0.15) is 51.5 Å². The maximum Gasteiger partial charge on any atom is 0.152 e. The lowest BCUT2D eigenvalue weighted by Gasteiger charge is -2.07. The quantitative estimate of drug-likeness (QED) is 0.692. The monoisotopic (exact) mass is 321 g/mol. The highest BCUT2D eigenvalue weighted by molar-refractivity contribution is 7.91. The molecule has 0 unspecified atom stereocenters. The van der Waals surface area contributed by atoms with Gasteiger partial charge in [-0.05, 0) is 62.3 Å². The lowest BCUT2D eigenvalue weighted by atomic mass is 10.0. The Morgan fingerprint density at radius 3 is 2.50 bits per heavy atom. The number of hydrogen-bond acceptors (Lipinski definition) is 2. The molecule has 1 heterocycles. The minimum Gasteiger partial charge on any atom is -0.361 e. The molecule has 2 rings (SSSR count). The fourth-order valence-electron chi connectivity index (χ4n) is 2.66. The molecule has 0 amide bonds. The molecule has 22 heavy (non-hydrogen) atoms. The lowest BCUT2D eigenvalue weighted by molar-refractivity contribution is 0.577. The van der Waals surface area contributed by atoms with E-state index in [9.17, 15) is 8.42 Å². The first-order valence-corrected chi connectivity index (χ1v) is 9.98. The van der Waals surface area contributed by atoms with Gasteiger partial charge in [-0.2, -0.15) is 0 Å². The van der Waals surface area contributed by atoms with E-state index in [0.29, 0.717) is 5.75 Å².